The van der Waals surface area contributed by atoms with E-state index in [-0.39, 0.29) is 12.4 Å². The molecule has 0 saturated heterocycles. The number of carbonyl (C=O) groups is 1. The van der Waals surface area contributed by atoms with Crippen LogP contribution in [-0.2, 0) is 4.79 Å². The van der Waals surface area contributed by atoms with Gasteiger partial charge >= 0.3 is 0 Å². The number of nitrogens with zero attached hydrogens (tertiary/aromatic N) is 1. The highest BCUT2D eigenvalue weighted by atomic mass is 79.9. The van der Waals surface area contributed by atoms with Crippen molar-refractivity contribution < 1.29 is 14.6 Å². The number of amides is 1. The normalized spacial score (nSPS) is 10.8. The molecule has 0 fully saturated rings. The third-order valence-electron chi connectivity index (χ3n) is 3.14. The molecule has 7 heteroatoms. The zero-order valence-corrected chi connectivity index (χ0v) is 15.5. The van der Waals surface area contributed by atoms with E-state index in [9.17, 15) is 9.90 Å². The standard InChI is InChI=1S/C17H16BrClN2O3/c1-10-3-4-15(11(2)5-10)24-9-16(22)21-20-8-12-6-13(19)7-14(18)17(12)23/h3-8,23H,9H2,1-2H3,(H,21,22). The molecule has 0 aliphatic carbocycles. The molecule has 2 aromatic rings. The van der Waals surface area contributed by atoms with E-state index in [1.807, 2.05) is 32.0 Å². The Balaban J connectivity index is 1.91. The summed E-state index contributed by atoms with van der Waals surface area (Å²) in [6, 6.07) is 8.81. The van der Waals surface area contributed by atoms with Crippen molar-refractivity contribution in [3.63, 3.8) is 0 Å². The lowest BCUT2D eigenvalue weighted by molar-refractivity contribution is -0.123. The molecule has 0 saturated carbocycles. The first-order chi connectivity index (χ1) is 11.4. The summed E-state index contributed by atoms with van der Waals surface area (Å²) in [5, 5.41) is 14.1. The predicted octanol–water partition coefficient (Wildman–Crippen LogP) is 3.95. The third kappa shape index (κ3) is 4.97. The van der Waals surface area contributed by atoms with Crippen molar-refractivity contribution in [1.82, 2.24) is 5.43 Å². The molecule has 0 radical (unpaired) electrons. The number of aryl methyl sites for hydroxylation is 2. The second kappa shape index (κ2) is 8.17. The van der Waals surface area contributed by atoms with Gasteiger partial charge in [-0.25, -0.2) is 5.43 Å². The van der Waals surface area contributed by atoms with E-state index in [0.717, 1.165) is 11.1 Å². The van der Waals surface area contributed by atoms with Gasteiger partial charge in [0.1, 0.15) is 11.5 Å². The molecular weight excluding hydrogens is 396 g/mol. The van der Waals surface area contributed by atoms with E-state index >= 15 is 0 Å². The third-order valence-corrected chi connectivity index (χ3v) is 3.96. The number of hydrazone groups is 1. The number of phenols is 1. The van der Waals surface area contributed by atoms with Crippen LogP contribution in [0.1, 0.15) is 16.7 Å². The minimum absolute atomic E-state index is 0.0103. The lowest BCUT2D eigenvalue weighted by Gasteiger charge is -2.08. The van der Waals surface area contributed by atoms with Crippen LogP contribution >= 0.6 is 27.5 Å². The van der Waals surface area contributed by atoms with E-state index < -0.39 is 5.91 Å². The number of benzene rings is 2. The number of rotatable bonds is 5. The quantitative estimate of drug-likeness (QED) is 0.578. The molecule has 2 aromatic carbocycles. The summed E-state index contributed by atoms with van der Waals surface area (Å²) in [4.78, 5) is 11.8. The smallest absolute Gasteiger partial charge is 0.277 e. The number of ether oxygens (including phenoxy) is 1. The van der Waals surface area contributed by atoms with Gasteiger partial charge in [-0.2, -0.15) is 5.10 Å². The maximum Gasteiger partial charge on any atom is 0.277 e. The molecule has 0 aromatic heterocycles. The molecule has 0 bridgehead atoms. The van der Waals surface area contributed by atoms with E-state index in [1.165, 1.54) is 12.3 Å². The molecule has 0 unspecified atom stereocenters. The molecule has 0 spiro atoms. The fourth-order valence-electron chi connectivity index (χ4n) is 1.99. The number of hydrogen-bond acceptors (Lipinski definition) is 4. The maximum atomic E-state index is 11.8. The summed E-state index contributed by atoms with van der Waals surface area (Å²) in [6.07, 6.45) is 1.31. The molecular formula is C17H16BrClN2O3. The van der Waals surface area contributed by atoms with Crippen LogP contribution in [0.15, 0.2) is 39.9 Å². The van der Waals surface area contributed by atoms with E-state index in [0.29, 0.717) is 20.8 Å². The first-order valence-corrected chi connectivity index (χ1v) is 8.24. The second-order valence-corrected chi connectivity index (χ2v) is 6.47. The average molecular weight is 412 g/mol. The Morgan fingerprint density at radius 2 is 2.12 bits per heavy atom. The molecule has 0 aliphatic heterocycles. The van der Waals surface area contributed by atoms with Gasteiger partial charge in [0.15, 0.2) is 6.61 Å². The number of hydrogen-bond donors (Lipinski definition) is 2. The monoisotopic (exact) mass is 410 g/mol. The molecule has 126 valence electrons. The van der Waals surface area contributed by atoms with Crippen LogP contribution in [0, 0.1) is 13.8 Å². The van der Waals surface area contributed by atoms with Gasteiger partial charge in [0.25, 0.3) is 5.91 Å². The Labute approximate surface area is 153 Å². The number of halogens is 2. The first kappa shape index (κ1) is 18.3. The molecule has 24 heavy (non-hydrogen) atoms. The second-order valence-electron chi connectivity index (χ2n) is 5.18. The zero-order valence-electron chi connectivity index (χ0n) is 13.1. The molecule has 0 heterocycles. The summed E-state index contributed by atoms with van der Waals surface area (Å²) in [5.41, 5.74) is 4.80. The maximum absolute atomic E-state index is 11.8. The zero-order chi connectivity index (χ0) is 17.7. The number of nitrogens with one attached hydrogen (secondary N) is 1. The van der Waals surface area contributed by atoms with Crippen LogP contribution in [0.25, 0.3) is 0 Å². The Morgan fingerprint density at radius 3 is 2.83 bits per heavy atom. The van der Waals surface area contributed by atoms with Crippen LogP contribution in [0.3, 0.4) is 0 Å². The van der Waals surface area contributed by atoms with Crippen molar-refractivity contribution >= 4 is 39.7 Å². The van der Waals surface area contributed by atoms with E-state index in [2.05, 4.69) is 26.5 Å². The summed E-state index contributed by atoms with van der Waals surface area (Å²) < 4.78 is 5.90. The SMILES string of the molecule is Cc1ccc(OCC(=O)NN=Cc2cc(Cl)cc(Br)c2O)c(C)c1. The highest BCUT2D eigenvalue weighted by Gasteiger charge is 2.07. The number of carbonyl (C=O) groups excluding carboxylic acids is 1. The van der Waals surface area contributed by atoms with Crippen molar-refractivity contribution in [3.8, 4) is 11.5 Å². The summed E-state index contributed by atoms with van der Waals surface area (Å²) in [5.74, 6) is 0.229. The van der Waals surface area contributed by atoms with Crippen LogP contribution in [-0.4, -0.2) is 23.8 Å². The average Bonchev–Trinajstić information content (AvgIpc) is 2.51. The summed E-state index contributed by atoms with van der Waals surface area (Å²) >= 11 is 9.07. The minimum atomic E-state index is -0.410. The Morgan fingerprint density at radius 1 is 1.38 bits per heavy atom. The van der Waals surface area contributed by atoms with Crippen LogP contribution in [0.4, 0.5) is 0 Å². The van der Waals surface area contributed by atoms with Crippen molar-refractivity contribution in [1.29, 1.82) is 0 Å². The minimum Gasteiger partial charge on any atom is -0.506 e. The van der Waals surface area contributed by atoms with Gasteiger partial charge in [-0.05, 0) is 53.5 Å². The van der Waals surface area contributed by atoms with E-state index in [1.54, 1.807) is 6.07 Å². The Hall–Kier alpha value is -2.05. The highest BCUT2D eigenvalue weighted by molar-refractivity contribution is 9.10. The van der Waals surface area contributed by atoms with Gasteiger partial charge < -0.3 is 9.84 Å². The van der Waals surface area contributed by atoms with Crippen molar-refractivity contribution in [2.24, 2.45) is 5.10 Å². The van der Waals surface area contributed by atoms with Gasteiger partial charge in [0.2, 0.25) is 0 Å². The van der Waals surface area contributed by atoms with Crippen LogP contribution < -0.4 is 10.2 Å². The van der Waals surface area contributed by atoms with Crippen LogP contribution in [0.5, 0.6) is 11.5 Å². The molecule has 0 aliphatic rings. The molecule has 5 nitrogen and oxygen atoms in total. The fraction of sp³-hybridized carbons (Fsp3) is 0.176. The van der Waals surface area contributed by atoms with E-state index in [4.69, 9.17) is 16.3 Å². The van der Waals surface area contributed by atoms with Crippen LogP contribution in [0.2, 0.25) is 5.02 Å². The summed E-state index contributed by atoms with van der Waals surface area (Å²) in [7, 11) is 0. The molecule has 2 N–H and O–H groups in total. The van der Waals surface area contributed by atoms with Gasteiger partial charge in [-0.15, -0.1) is 0 Å². The van der Waals surface area contributed by atoms with Gasteiger partial charge in [0.05, 0.1) is 10.7 Å². The molecule has 2 rings (SSSR count). The lowest BCUT2D eigenvalue weighted by atomic mass is 10.1. The predicted molar refractivity (Wildman–Crippen MR) is 98.0 cm³/mol. The Bertz CT molecular complexity index is 794. The van der Waals surface area contributed by atoms with Gasteiger partial charge in [0, 0.05) is 10.6 Å². The molecule has 1 amide bonds. The van der Waals surface area contributed by atoms with Gasteiger partial charge in [-0.1, -0.05) is 29.3 Å². The van der Waals surface area contributed by atoms with Gasteiger partial charge in [-0.3, -0.25) is 4.79 Å². The summed E-state index contributed by atoms with van der Waals surface area (Å²) in [6.45, 7) is 3.74. The topological polar surface area (TPSA) is 70.9 Å². The highest BCUT2D eigenvalue weighted by Crippen LogP contribution is 2.30. The molecule has 0 atom stereocenters. The first-order valence-electron chi connectivity index (χ1n) is 7.07. The lowest BCUT2D eigenvalue weighted by Crippen LogP contribution is -2.24. The van der Waals surface area contributed by atoms with Crippen molar-refractivity contribution in [3.05, 3.63) is 56.5 Å². The van der Waals surface area contributed by atoms with Crippen molar-refractivity contribution in [2.45, 2.75) is 13.8 Å². The number of phenolic OH excluding ortho intramolecular Hbond substituents is 1. The largest absolute Gasteiger partial charge is 0.506 e. The number of aromatic hydroxyl groups is 1. The van der Waals surface area contributed by atoms with Crippen molar-refractivity contribution in [2.75, 3.05) is 6.61 Å². The Kier molecular flexibility index (Phi) is 6.23. The fourth-order valence-corrected chi connectivity index (χ4v) is 2.83.